The lowest BCUT2D eigenvalue weighted by molar-refractivity contribution is 0.467. The van der Waals surface area contributed by atoms with Crippen molar-refractivity contribution in [2.75, 3.05) is 17.2 Å². The zero-order valence-corrected chi connectivity index (χ0v) is 11.2. The van der Waals surface area contributed by atoms with Crippen LogP contribution in [0.25, 0.3) is 0 Å². The highest BCUT2D eigenvalue weighted by Crippen LogP contribution is 2.24. The predicted molar refractivity (Wildman–Crippen MR) is 80.2 cm³/mol. The van der Waals surface area contributed by atoms with E-state index in [2.05, 4.69) is 11.0 Å². The minimum Gasteiger partial charge on any atom is -0.508 e. The van der Waals surface area contributed by atoms with Gasteiger partial charge in [-0.25, -0.2) is 0 Å². The fourth-order valence-electron chi connectivity index (χ4n) is 2.06. The topological polar surface area (TPSA) is 73.3 Å². The van der Waals surface area contributed by atoms with Crippen molar-refractivity contribution in [1.29, 1.82) is 5.26 Å². The number of benzene rings is 2. The zero-order chi connectivity index (χ0) is 14.4. The van der Waals surface area contributed by atoms with E-state index >= 15 is 0 Å². The highest BCUT2D eigenvalue weighted by atomic mass is 16.3. The summed E-state index contributed by atoms with van der Waals surface area (Å²) >= 11 is 0. The van der Waals surface area contributed by atoms with Crippen LogP contribution in [0.1, 0.15) is 12.0 Å². The van der Waals surface area contributed by atoms with E-state index in [0.717, 1.165) is 11.3 Å². The number of hydrogen-bond donors (Lipinski definition) is 2. The van der Waals surface area contributed by atoms with Crippen molar-refractivity contribution in [3.63, 3.8) is 0 Å². The van der Waals surface area contributed by atoms with Gasteiger partial charge in [-0.3, -0.25) is 0 Å². The Hall–Kier alpha value is -2.67. The lowest BCUT2D eigenvalue weighted by Crippen LogP contribution is -2.23. The van der Waals surface area contributed by atoms with Gasteiger partial charge in [0.05, 0.1) is 12.5 Å². The third kappa shape index (κ3) is 3.42. The van der Waals surface area contributed by atoms with Gasteiger partial charge in [0.1, 0.15) is 5.75 Å². The van der Waals surface area contributed by atoms with Crippen LogP contribution in [0, 0.1) is 11.3 Å². The predicted octanol–water partition coefficient (Wildman–Crippen LogP) is 2.89. The first-order valence-electron chi connectivity index (χ1n) is 6.45. The highest BCUT2D eigenvalue weighted by molar-refractivity contribution is 5.51. The van der Waals surface area contributed by atoms with Gasteiger partial charge in [-0.2, -0.15) is 5.26 Å². The van der Waals surface area contributed by atoms with Crippen molar-refractivity contribution in [1.82, 2.24) is 0 Å². The Balaban J connectivity index is 2.24. The molecule has 2 aromatic carbocycles. The molecular weight excluding hydrogens is 250 g/mol. The Morgan fingerprint density at radius 2 is 1.90 bits per heavy atom. The Kier molecular flexibility index (Phi) is 4.46. The van der Waals surface area contributed by atoms with E-state index < -0.39 is 0 Å². The third-order valence-electron chi connectivity index (χ3n) is 3.08. The summed E-state index contributed by atoms with van der Waals surface area (Å²) in [6.45, 7) is 1.12. The second kappa shape index (κ2) is 6.48. The number of nitriles is 1. The molecule has 0 heterocycles. The van der Waals surface area contributed by atoms with E-state index in [4.69, 9.17) is 11.0 Å². The van der Waals surface area contributed by atoms with E-state index in [1.54, 1.807) is 18.2 Å². The van der Waals surface area contributed by atoms with Crippen LogP contribution in [-0.2, 0) is 6.54 Å². The van der Waals surface area contributed by atoms with Crippen molar-refractivity contribution in [3.8, 4) is 11.8 Å². The summed E-state index contributed by atoms with van der Waals surface area (Å²) in [5.74, 6) is 0.220. The largest absolute Gasteiger partial charge is 0.508 e. The summed E-state index contributed by atoms with van der Waals surface area (Å²) in [5.41, 5.74) is 8.15. The number of nitrogen functional groups attached to an aromatic ring is 1. The molecule has 0 amide bonds. The van der Waals surface area contributed by atoms with Gasteiger partial charge in [0, 0.05) is 30.0 Å². The molecule has 102 valence electrons. The molecule has 0 aromatic heterocycles. The fourth-order valence-corrected chi connectivity index (χ4v) is 2.06. The molecule has 0 saturated carbocycles. The zero-order valence-electron chi connectivity index (χ0n) is 11.2. The molecule has 0 radical (unpaired) electrons. The van der Waals surface area contributed by atoms with Crippen molar-refractivity contribution in [2.24, 2.45) is 0 Å². The molecule has 2 aromatic rings. The van der Waals surface area contributed by atoms with Crippen LogP contribution in [0.3, 0.4) is 0 Å². The quantitative estimate of drug-likeness (QED) is 0.645. The first kappa shape index (κ1) is 13.8. The highest BCUT2D eigenvalue weighted by Gasteiger charge is 2.10. The molecule has 3 N–H and O–H groups in total. The van der Waals surface area contributed by atoms with Crippen LogP contribution in [0.2, 0.25) is 0 Å². The smallest absolute Gasteiger partial charge is 0.120 e. The third-order valence-corrected chi connectivity index (χ3v) is 3.08. The molecule has 4 nitrogen and oxygen atoms in total. The number of anilines is 2. The van der Waals surface area contributed by atoms with Gasteiger partial charge in [-0.1, -0.05) is 18.2 Å². The van der Waals surface area contributed by atoms with Crippen molar-refractivity contribution in [3.05, 3.63) is 54.1 Å². The maximum Gasteiger partial charge on any atom is 0.120 e. The second-order valence-electron chi connectivity index (χ2n) is 4.55. The van der Waals surface area contributed by atoms with E-state index in [1.165, 1.54) is 0 Å². The number of rotatable bonds is 5. The summed E-state index contributed by atoms with van der Waals surface area (Å²) < 4.78 is 0. The van der Waals surface area contributed by atoms with Crippen LogP contribution in [-0.4, -0.2) is 11.7 Å². The van der Waals surface area contributed by atoms with Crippen LogP contribution in [0.4, 0.5) is 11.4 Å². The standard InChI is InChI=1S/C16H17N3O/c17-9-4-10-19(15-5-2-1-3-6-15)12-13-11-14(18)7-8-16(13)20/h1-3,5-8,11,20H,4,10,12,18H2. The molecule has 0 bridgehead atoms. The van der Waals surface area contributed by atoms with Crippen LogP contribution >= 0.6 is 0 Å². The van der Waals surface area contributed by atoms with Crippen molar-refractivity contribution in [2.45, 2.75) is 13.0 Å². The van der Waals surface area contributed by atoms with Crippen molar-refractivity contribution >= 4 is 11.4 Å². The molecule has 0 unspecified atom stereocenters. The number of nitrogens with two attached hydrogens (primary N) is 1. The molecule has 2 rings (SSSR count). The Labute approximate surface area is 118 Å². The summed E-state index contributed by atoms with van der Waals surface area (Å²) in [4.78, 5) is 2.05. The summed E-state index contributed by atoms with van der Waals surface area (Å²) in [6, 6.07) is 17.0. The second-order valence-corrected chi connectivity index (χ2v) is 4.55. The molecule has 20 heavy (non-hydrogen) atoms. The number of phenolic OH excluding ortho intramolecular Hbond substituents is 1. The molecule has 0 aliphatic carbocycles. The maximum atomic E-state index is 9.91. The molecule has 0 atom stereocenters. The fraction of sp³-hybridized carbons (Fsp3) is 0.188. The number of phenols is 1. The van der Waals surface area contributed by atoms with Gasteiger partial charge >= 0.3 is 0 Å². The van der Waals surface area contributed by atoms with Crippen molar-refractivity contribution < 1.29 is 5.11 Å². The van der Waals surface area contributed by atoms with Gasteiger partial charge < -0.3 is 15.7 Å². The molecule has 0 spiro atoms. The Morgan fingerprint density at radius 1 is 1.15 bits per heavy atom. The minimum absolute atomic E-state index is 0.220. The molecule has 0 aliphatic heterocycles. The van der Waals surface area contributed by atoms with E-state index in [9.17, 15) is 5.11 Å². The monoisotopic (exact) mass is 267 g/mol. The first-order chi connectivity index (χ1) is 9.70. The van der Waals surface area contributed by atoms with Gasteiger partial charge in [-0.05, 0) is 30.3 Å². The molecule has 0 saturated heterocycles. The number of para-hydroxylation sites is 1. The Bertz CT molecular complexity index is 605. The Morgan fingerprint density at radius 3 is 2.60 bits per heavy atom. The summed E-state index contributed by atoms with van der Waals surface area (Å²) in [6.07, 6.45) is 0.429. The maximum absolute atomic E-state index is 9.91. The lowest BCUT2D eigenvalue weighted by Gasteiger charge is -2.24. The molecule has 4 heteroatoms. The normalized spacial score (nSPS) is 9.95. The molecule has 0 fully saturated rings. The summed E-state index contributed by atoms with van der Waals surface area (Å²) in [7, 11) is 0. The minimum atomic E-state index is 0.220. The SMILES string of the molecule is N#CCCN(Cc1cc(N)ccc1O)c1ccccc1. The van der Waals surface area contributed by atoms with E-state index in [-0.39, 0.29) is 5.75 Å². The van der Waals surface area contributed by atoms with Crippen LogP contribution < -0.4 is 10.6 Å². The van der Waals surface area contributed by atoms with E-state index in [0.29, 0.717) is 25.2 Å². The average Bonchev–Trinajstić information content (AvgIpc) is 2.48. The van der Waals surface area contributed by atoms with Gasteiger partial charge in [0.15, 0.2) is 0 Å². The first-order valence-corrected chi connectivity index (χ1v) is 6.45. The molecule has 0 aliphatic rings. The van der Waals surface area contributed by atoms with Gasteiger partial charge in [0.25, 0.3) is 0 Å². The van der Waals surface area contributed by atoms with Gasteiger partial charge in [-0.15, -0.1) is 0 Å². The van der Waals surface area contributed by atoms with Crippen LogP contribution in [0.15, 0.2) is 48.5 Å². The van der Waals surface area contributed by atoms with Gasteiger partial charge in [0.2, 0.25) is 0 Å². The summed E-state index contributed by atoms with van der Waals surface area (Å²) in [5, 5.41) is 18.7. The van der Waals surface area contributed by atoms with E-state index in [1.807, 2.05) is 30.3 Å². The number of hydrogen-bond acceptors (Lipinski definition) is 4. The number of nitrogens with zero attached hydrogens (tertiary/aromatic N) is 2. The number of aromatic hydroxyl groups is 1. The molecular formula is C16H17N3O. The average molecular weight is 267 g/mol. The lowest BCUT2D eigenvalue weighted by atomic mass is 10.1. The van der Waals surface area contributed by atoms with Crippen LogP contribution in [0.5, 0.6) is 5.75 Å².